The normalized spacial score (nSPS) is 14.2. The molecule has 0 radical (unpaired) electrons. The number of amides is 1. The van der Waals surface area contributed by atoms with E-state index in [-0.39, 0.29) is 29.1 Å². The largest absolute Gasteiger partial charge is 0.416 e. The molecule has 0 aliphatic heterocycles. The predicted octanol–water partition coefficient (Wildman–Crippen LogP) is 4.86. The van der Waals surface area contributed by atoms with Gasteiger partial charge in [-0.3, -0.25) is 4.79 Å². The van der Waals surface area contributed by atoms with E-state index in [0.29, 0.717) is 11.3 Å². The van der Waals surface area contributed by atoms with E-state index >= 15 is 0 Å². The van der Waals surface area contributed by atoms with Crippen molar-refractivity contribution >= 4 is 23.2 Å². The van der Waals surface area contributed by atoms with Gasteiger partial charge in [0.1, 0.15) is 0 Å². The predicted molar refractivity (Wildman–Crippen MR) is 90.7 cm³/mol. The highest BCUT2D eigenvalue weighted by atomic mass is 35.5. The molecule has 2 N–H and O–H groups in total. The van der Waals surface area contributed by atoms with Crippen LogP contribution in [0.2, 0.25) is 5.02 Å². The fourth-order valence-electron chi connectivity index (χ4n) is 2.45. The van der Waals surface area contributed by atoms with Crippen LogP contribution in [0.25, 0.3) is 0 Å². The highest BCUT2D eigenvalue weighted by molar-refractivity contribution is 6.34. The zero-order valence-corrected chi connectivity index (χ0v) is 13.9. The van der Waals surface area contributed by atoms with Crippen LogP contribution >= 0.6 is 11.6 Å². The second-order valence-electron chi connectivity index (χ2n) is 5.95. The first-order chi connectivity index (χ1) is 11.8. The molecule has 0 bridgehead atoms. The summed E-state index contributed by atoms with van der Waals surface area (Å²) in [7, 11) is 0. The van der Waals surface area contributed by atoms with Gasteiger partial charge in [-0.05, 0) is 42.7 Å². The van der Waals surface area contributed by atoms with E-state index < -0.39 is 11.7 Å². The number of benzene rings is 2. The number of alkyl halides is 3. The molecule has 1 fully saturated rings. The first-order valence-electron chi connectivity index (χ1n) is 7.84. The number of nitrogens with one attached hydrogen (secondary N) is 2. The van der Waals surface area contributed by atoms with Crippen LogP contribution in [0.4, 0.5) is 18.9 Å². The third-order valence-electron chi connectivity index (χ3n) is 3.93. The Morgan fingerprint density at radius 1 is 1.16 bits per heavy atom. The standard InChI is InChI=1S/C18H16ClF3N2O/c19-16-9-13(7-8-14(16)17(25)24-12-5-6-12)23-10-11-3-1-2-4-15(11)18(20,21)22/h1-4,7-9,12,23H,5-6,10H2,(H,24,25). The summed E-state index contributed by atoms with van der Waals surface area (Å²) in [5, 5.41) is 6.02. The molecule has 2 aromatic carbocycles. The monoisotopic (exact) mass is 368 g/mol. The van der Waals surface area contributed by atoms with Gasteiger partial charge >= 0.3 is 6.18 Å². The summed E-state index contributed by atoms with van der Waals surface area (Å²) in [6.45, 7) is -0.000368. The highest BCUT2D eigenvalue weighted by Gasteiger charge is 2.32. The first kappa shape index (κ1) is 17.6. The first-order valence-corrected chi connectivity index (χ1v) is 8.22. The van der Waals surface area contributed by atoms with E-state index in [1.165, 1.54) is 12.1 Å². The summed E-state index contributed by atoms with van der Waals surface area (Å²) >= 11 is 6.13. The summed E-state index contributed by atoms with van der Waals surface area (Å²) in [6.07, 6.45) is -2.45. The summed E-state index contributed by atoms with van der Waals surface area (Å²) in [4.78, 5) is 12.0. The van der Waals surface area contributed by atoms with Crippen molar-refractivity contribution in [3.8, 4) is 0 Å². The molecule has 25 heavy (non-hydrogen) atoms. The molecule has 0 unspecified atom stereocenters. The van der Waals surface area contributed by atoms with Crippen molar-refractivity contribution in [1.82, 2.24) is 5.32 Å². The molecule has 2 aromatic rings. The summed E-state index contributed by atoms with van der Waals surface area (Å²) < 4.78 is 39.0. The topological polar surface area (TPSA) is 41.1 Å². The van der Waals surface area contributed by atoms with Crippen molar-refractivity contribution in [3.05, 3.63) is 64.2 Å². The van der Waals surface area contributed by atoms with Crippen molar-refractivity contribution in [3.63, 3.8) is 0 Å². The SMILES string of the molecule is O=C(NC1CC1)c1ccc(NCc2ccccc2C(F)(F)F)cc1Cl. The molecule has 1 aliphatic rings. The molecule has 3 nitrogen and oxygen atoms in total. The molecular weight excluding hydrogens is 353 g/mol. The molecule has 1 saturated carbocycles. The van der Waals surface area contributed by atoms with Crippen molar-refractivity contribution in [2.24, 2.45) is 0 Å². The van der Waals surface area contributed by atoms with Gasteiger partial charge in [0.2, 0.25) is 0 Å². The lowest BCUT2D eigenvalue weighted by Crippen LogP contribution is -2.25. The van der Waals surface area contributed by atoms with Crippen LogP contribution in [-0.2, 0) is 12.7 Å². The average molecular weight is 369 g/mol. The second kappa shape index (κ2) is 6.96. The van der Waals surface area contributed by atoms with Gasteiger partial charge in [-0.15, -0.1) is 0 Å². The van der Waals surface area contributed by atoms with Crippen molar-refractivity contribution < 1.29 is 18.0 Å². The van der Waals surface area contributed by atoms with Crippen molar-refractivity contribution in [2.75, 3.05) is 5.32 Å². The zero-order chi connectivity index (χ0) is 18.0. The number of hydrogen-bond donors (Lipinski definition) is 2. The third-order valence-corrected chi connectivity index (χ3v) is 4.24. The number of halogens is 4. The number of anilines is 1. The van der Waals surface area contributed by atoms with E-state index in [1.54, 1.807) is 24.3 Å². The maximum Gasteiger partial charge on any atom is 0.416 e. The van der Waals surface area contributed by atoms with Crippen molar-refractivity contribution in [1.29, 1.82) is 0 Å². The zero-order valence-electron chi connectivity index (χ0n) is 13.2. The Labute approximate surface area is 148 Å². The van der Waals surface area contributed by atoms with Crippen LogP contribution in [0.3, 0.4) is 0 Å². The third kappa shape index (κ3) is 4.45. The van der Waals surface area contributed by atoms with E-state index in [9.17, 15) is 18.0 Å². The van der Waals surface area contributed by atoms with Crippen LogP contribution in [-0.4, -0.2) is 11.9 Å². The molecular formula is C18H16ClF3N2O. The Morgan fingerprint density at radius 3 is 2.52 bits per heavy atom. The molecule has 3 rings (SSSR count). The van der Waals surface area contributed by atoms with Gasteiger partial charge in [-0.1, -0.05) is 29.8 Å². The minimum atomic E-state index is -4.40. The van der Waals surface area contributed by atoms with Gasteiger partial charge in [0, 0.05) is 18.3 Å². The van der Waals surface area contributed by atoms with Gasteiger partial charge in [-0.25, -0.2) is 0 Å². The Kier molecular flexibility index (Phi) is 4.90. The number of carbonyl (C=O) groups is 1. The molecule has 0 spiro atoms. The summed E-state index contributed by atoms with van der Waals surface area (Å²) in [6, 6.07) is 10.4. The Balaban J connectivity index is 1.70. The van der Waals surface area contributed by atoms with E-state index in [0.717, 1.165) is 18.9 Å². The molecule has 0 saturated heterocycles. The van der Waals surface area contributed by atoms with E-state index in [4.69, 9.17) is 11.6 Å². The van der Waals surface area contributed by atoms with Gasteiger partial charge in [-0.2, -0.15) is 13.2 Å². The summed E-state index contributed by atoms with van der Waals surface area (Å²) in [5.74, 6) is -0.235. The molecule has 0 heterocycles. The lowest BCUT2D eigenvalue weighted by molar-refractivity contribution is -0.138. The van der Waals surface area contributed by atoms with Crippen LogP contribution < -0.4 is 10.6 Å². The van der Waals surface area contributed by atoms with Gasteiger partial charge in [0.15, 0.2) is 0 Å². The second-order valence-corrected chi connectivity index (χ2v) is 6.36. The minimum Gasteiger partial charge on any atom is -0.381 e. The molecule has 1 amide bonds. The Bertz CT molecular complexity index is 788. The van der Waals surface area contributed by atoms with Gasteiger partial charge in [0.05, 0.1) is 16.1 Å². The lowest BCUT2D eigenvalue weighted by Gasteiger charge is -2.14. The smallest absolute Gasteiger partial charge is 0.381 e. The van der Waals surface area contributed by atoms with E-state index in [2.05, 4.69) is 10.6 Å². The minimum absolute atomic E-state index is 0.000368. The molecule has 0 aromatic heterocycles. The molecule has 1 aliphatic carbocycles. The van der Waals surface area contributed by atoms with Gasteiger partial charge < -0.3 is 10.6 Å². The van der Waals surface area contributed by atoms with Crippen LogP contribution in [0.15, 0.2) is 42.5 Å². The highest BCUT2D eigenvalue weighted by Crippen LogP contribution is 2.32. The van der Waals surface area contributed by atoms with Crippen LogP contribution in [0.1, 0.15) is 34.3 Å². The quantitative estimate of drug-likeness (QED) is 0.791. The maximum atomic E-state index is 13.0. The molecule has 0 atom stereocenters. The Morgan fingerprint density at radius 2 is 1.88 bits per heavy atom. The lowest BCUT2D eigenvalue weighted by atomic mass is 10.1. The van der Waals surface area contributed by atoms with Crippen molar-refractivity contribution in [2.45, 2.75) is 31.6 Å². The number of rotatable bonds is 5. The van der Waals surface area contributed by atoms with Crippen LogP contribution in [0, 0.1) is 0 Å². The Hall–Kier alpha value is -2.21. The fourth-order valence-corrected chi connectivity index (χ4v) is 2.71. The van der Waals surface area contributed by atoms with Gasteiger partial charge in [0.25, 0.3) is 5.91 Å². The average Bonchev–Trinajstić information content (AvgIpc) is 3.36. The molecule has 132 valence electrons. The van der Waals surface area contributed by atoms with E-state index in [1.807, 2.05) is 0 Å². The number of hydrogen-bond acceptors (Lipinski definition) is 2. The molecule has 7 heteroatoms. The van der Waals surface area contributed by atoms with Crippen LogP contribution in [0.5, 0.6) is 0 Å². The fraction of sp³-hybridized carbons (Fsp3) is 0.278. The number of carbonyl (C=O) groups excluding carboxylic acids is 1. The maximum absolute atomic E-state index is 13.0. The summed E-state index contributed by atoms with van der Waals surface area (Å²) in [5.41, 5.74) is 0.371.